The van der Waals surface area contributed by atoms with Gasteiger partial charge in [0.05, 0.1) is 23.6 Å². The van der Waals surface area contributed by atoms with E-state index >= 15 is 0 Å². The third kappa shape index (κ3) is 3.51. The van der Waals surface area contributed by atoms with E-state index in [0.29, 0.717) is 17.8 Å². The number of alkyl halides is 3. The van der Waals surface area contributed by atoms with Crippen LogP contribution in [-0.2, 0) is 24.1 Å². The van der Waals surface area contributed by atoms with Gasteiger partial charge >= 0.3 is 6.18 Å². The first kappa shape index (κ1) is 18.2. The number of pyridine rings is 1. The number of hydrogen-bond donors (Lipinski definition) is 0. The molecule has 0 saturated carbocycles. The van der Waals surface area contributed by atoms with Gasteiger partial charge in [-0.25, -0.2) is 0 Å². The molecule has 0 aliphatic carbocycles. The average molecular weight is 391 g/mol. The molecule has 1 aromatic heterocycles. The number of nitro groups is 1. The highest BCUT2D eigenvalue weighted by atomic mass is 35.5. The fraction of sp³-hybridized carbons (Fsp3) is 0.267. The summed E-state index contributed by atoms with van der Waals surface area (Å²) in [5.41, 5.74) is -1.71. The van der Waals surface area contributed by atoms with E-state index in [-0.39, 0.29) is 36.9 Å². The van der Waals surface area contributed by atoms with Gasteiger partial charge in [-0.15, -0.1) is 0 Å². The van der Waals surface area contributed by atoms with Crippen molar-refractivity contribution in [3.05, 3.63) is 66.6 Å². The van der Waals surface area contributed by atoms with E-state index in [1.807, 2.05) is 0 Å². The molecule has 0 unspecified atom stereocenters. The lowest BCUT2D eigenvalue weighted by Crippen LogP contribution is -2.24. The summed E-state index contributed by atoms with van der Waals surface area (Å²) in [5.74, 6) is 0.238. The molecule has 1 aliphatic rings. The minimum absolute atomic E-state index is 0.0439. The Bertz CT molecular complexity index is 942. The summed E-state index contributed by atoms with van der Waals surface area (Å²) in [7, 11) is 0. The van der Waals surface area contributed by atoms with Gasteiger partial charge in [0.2, 0.25) is 0 Å². The Balaban J connectivity index is 2.12. The lowest BCUT2D eigenvalue weighted by Gasteiger charge is -2.21. The van der Waals surface area contributed by atoms with Crippen molar-refractivity contribution in [2.45, 2.75) is 19.3 Å². The third-order valence-electron chi connectivity index (χ3n) is 3.69. The number of halogens is 4. The maximum atomic E-state index is 13.0. The highest BCUT2D eigenvalue weighted by Gasteiger charge is 2.32. The summed E-state index contributed by atoms with van der Waals surface area (Å²) in [5, 5.41) is 10.5. The molecule has 0 spiro atoms. The number of aromatic nitrogens is 1. The van der Waals surface area contributed by atoms with Crippen LogP contribution in [0.1, 0.15) is 16.7 Å². The molecule has 2 aromatic rings. The van der Waals surface area contributed by atoms with Crippen LogP contribution in [-0.4, -0.2) is 16.3 Å². The molecule has 0 saturated heterocycles. The van der Waals surface area contributed by atoms with Crippen molar-refractivity contribution in [3.63, 3.8) is 0 Å². The predicted molar refractivity (Wildman–Crippen MR) is 83.2 cm³/mol. The molecule has 26 heavy (non-hydrogen) atoms. The molecule has 0 radical (unpaired) electrons. The number of benzene rings is 1. The molecule has 0 bridgehead atoms. The van der Waals surface area contributed by atoms with Crippen molar-refractivity contribution >= 4 is 17.3 Å². The molecule has 0 atom stereocenters. The van der Waals surface area contributed by atoms with Gasteiger partial charge in [0.1, 0.15) is 10.8 Å². The van der Waals surface area contributed by atoms with Crippen LogP contribution in [0.2, 0.25) is 5.02 Å². The van der Waals surface area contributed by atoms with Crippen molar-refractivity contribution in [2.24, 2.45) is 0 Å². The smallest absolute Gasteiger partial charge is 0.417 e. The third-order valence-corrected chi connectivity index (χ3v) is 3.96. The largest absolute Gasteiger partial charge is 0.467 e. The van der Waals surface area contributed by atoms with Crippen LogP contribution in [0, 0.1) is 10.1 Å². The van der Waals surface area contributed by atoms with Crippen LogP contribution in [0.4, 0.5) is 18.9 Å². The summed E-state index contributed by atoms with van der Waals surface area (Å²) >= 11 is 5.62. The Morgan fingerprint density at radius 2 is 2.04 bits per heavy atom. The van der Waals surface area contributed by atoms with Crippen molar-refractivity contribution in [2.75, 3.05) is 6.79 Å². The number of ether oxygens (including phenoxy) is 2. The second kappa shape index (κ2) is 6.61. The van der Waals surface area contributed by atoms with E-state index in [2.05, 4.69) is 0 Å². The molecule has 3 rings (SSSR count). The number of rotatable bonds is 3. The molecular weight excluding hydrogens is 381 g/mol. The van der Waals surface area contributed by atoms with E-state index in [0.717, 1.165) is 10.6 Å². The first-order chi connectivity index (χ1) is 12.2. The SMILES string of the molecule is O=c1c(Cl)cc(C(F)(F)F)cn1Cc1cc([N+](=O)[O-])cc2c1OCOC2. The van der Waals surface area contributed by atoms with Crippen molar-refractivity contribution in [1.29, 1.82) is 0 Å². The quantitative estimate of drug-likeness (QED) is 0.593. The van der Waals surface area contributed by atoms with Crippen LogP contribution >= 0.6 is 11.6 Å². The van der Waals surface area contributed by atoms with E-state index in [4.69, 9.17) is 21.1 Å². The topological polar surface area (TPSA) is 83.6 Å². The Morgan fingerprint density at radius 3 is 2.69 bits per heavy atom. The summed E-state index contributed by atoms with van der Waals surface area (Å²) in [6, 6.07) is 2.93. The number of nitrogens with zero attached hydrogens (tertiary/aromatic N) is 2. The molecule has 1 aromatic carbocycles. The molecule has 1 aliphatic heterocycles. The van der Waals surface area contributed by atoms with Gasteiger partial charge in [-0.1, -0.05) is 11.6 Å². The van der Waals surface area contributed by atoms with Crippen molar-refractivity contribution < 1.29 is 27.6 Å². The lowest BCUT2D eigenvalue weighted by molar-refractivity contribution is -0.385. The van der Waals surface area contributed by atoms with E-state index in [9.17, 15) is 28.1 Å². The summed E-state index contributed by atoms with van der Waals surface area (Å²) in [6.07, 6.45) is -4.09. The molecule has 0 amide bonds. The fourth-order valence-corrected chi connectivity index (χ4v) is 2.79. The minimum atomic E-state index is -4.70. The molecule has 138 valence electrons. The van der Waals surface area contributed by atoms with Crippen LogP contribution in [0.15, 0.2) is 29.2 Å². The Morgan fingerprint density at radius 1 is 1.31 bits per heavy atom. The second-order valence-corrected chi connectivity index (χ2v) is 5.88. The first-order valence-corrected chi connectivity index (χ1v) is 7.52. The van der Waals surface area contributed by atoms with E-state index < -0.39 is 27.2 Å². The summed E-state index contributed by atoms with van der Waals surface area (Å²) in [6.45, 7) is -0.454. The van der Waals surface area contributed by atoms with Crippen LogP contribution in [0.3, 0.4) is 0 Å². The van der Waals surface area contributed by atoms with Gasteiger partial charge in [0.15, 0.2) is 6.79 Å². The zero-order valence-corrected chi connectivity index (χ0v) is 13.6. The molecule has 2 heterocycles. The van der Waals surface area contributed by atoms with Crippen LogP contribution in [0.25, 0.3) is 0 Å². The Hall–Kier alpha value is -2.59. The molecule has 7 nitrogen and oxygen atoms in total. The Kier molecular flexibility index (Phi) is 4.63. The summed E-state index contributed by atoms with van der Waals surface area (Å²) < 4.78 is 50.0. The first-order valence-electron chi connectivity index (χ1n) is 7.14. The maximum absolute atomic E-state index is 13.0. The second-order valence-electron chi connectivity index (χ2n) is 5.47. The lowest BCUT2D eigenvalue weighted by atomic mass is 10.1. The van der Waals surface area contributed by atoms with Gasteiger partial charge in [-0.2, -0.15) is 13.2 Å². The van der Waals surface area contributed by atoms with Gasteiger partial charge in [-0.05, 0) is 6.07 Å². The molecule has 0 N–H and O–H groups in total. The van der Waals surface area contributed by atoms with Crippen LogP contribution < -0.4 is 10.3 Å². The van der Waals surface area contributed by atoms with Gasteiger partial charge < -0.3 is 14.0 Å². The highest BCUT2D eigenvalue weighted by molar-refractivity contribution is 6.30. The number of hydrogen-bond acceptors (Lipinski definition) is 5. The zero-order valence-electron chi connectivity index (χ0n) is 12.9. The monoisotopic (exact) mass is 390 g/mol. The van der Waals surface area contributed by atoms with Gasteiger partial charge in [-0.3, -0.25) is 14.9 Å². The summed E-state index contributed by atoms with van der Waals surface area (Å²) in [4.78, 5) is 22.5. The van der Waals surface area contributed by atoms with Gasteiger partial charge in [0.25, 0.3) is 11.2 Å². The van der Waals surface area contributed by atoms with Crippen molar-refractivity contribution in [3.8, 4) is 5.75 Å². The molecule has 0 fully saturated rings. The predicted octanol–water partition coefficient (Wildman–Crippen LogP) is 3.34. The molecular formula is C15H10ClF3N2O5. The average Bonchev–Trinajstić information content (AvgIpc) is 2.57. The fourth-order valence-electron chi connectivity index (χ4n) is 2.56. The normalized spacial score (nSPS) is 13.8. The van der Waals surface area contributed by atoms with Crippen LogP contribution in [0.5, 0.6) is 5.75 Å². The zero-order chi connectivity index (χ0) is 19.1. The number of non-ortho nitro benzene ring substituents is 1. The highest BCUT2D eigenvalue weighted by Crippen LogP contribution is 2.34. The number of fused-ring (bicyclic) bond motifs is 1. The standard InChI is InChI=1S/C15H10ClF3N2O5/c16-12-3-10(15(17,18)19)5-20(14(12)22)4-8-1-11(21(23)24)2-9-6-25-7-26-13(8)9/h1-3,5H,4,6-7H2. The molecule has 11 heteroatoms. The van der Waals surface area contributed by atoms with Gasteiger partial charge in [0, 0.05) is 29.5 Å². The number of nitro benzene ring substituents is 1. The minimum Gasteiger partial charge on any atom is -0.467 e. The van der Waals surface area contributed by atoms with E-state index in [1.165, 1.54) is 6.07 Å². The van der Waals surface area contributed by atoms with Crippen molar-refractivity contribution in [1.82, 2.24) is 4.57 Å². The maximum Gasteiger partial charge on any atom is 0.417 e. The Labute approximate surface area is 148 Å². The van der Waals surface area contributed by atoms with E-state index in [1.54, 1.807) is 0 Å².